The van der Waals surface area contributed by atoms with Crippen LogP contribution in [0.5, 0.6) is 0 Å². The molecule has 74 valence electrons. The molecule has 0 saturated carbocycles. The summed E-state index contributed by atoms with van der Waals surface area (Å²) in [5.74, 6) is 0. The first-order valence-electron chi connectivity index (χ1n) is 2.08. The molecule has 12 heavy (non-hydrogen) atoms. The summed E-state index contributed by atoms with van der Waals surface area (Å²) in [6, 6.07) is 0. The first-order chi connectivity index (χ1) is 5.06. The third-order valence-corrected chi connectivity index (χ3v) is 1.65. The summed E-state index contributed by atoms with van der Waals surface area (Å²) in [6.45, 7) is 0. The lowest BCUT2D eigenvalue weighted by Crippen LogP contribution is -2.47. The van der Waals surface area contributed by atoms with Crippen molar-refractivity contribution in [1.29, 1.82) is 0 Å². The van der Waals surface area contributed by atoms with Gasteiger partial charge in [0.2, 0.25) is 0 Å². The summed E-state index contributed by atoms with van der Waals surface area (Å²) in [5.41, 5.74) is 0. The van der Waals surface area contributed by atoms with Gasteiger partial charge < -0.3 is 0 Å². The van der Waals surface area contributed by atoms with Gasteiger partial charge in [-0.1, -0.05) is 0 Å². The van der Waals surface area contributed by atoms with Crippen LogP contribution in [-0.4, -0.2) is 24.3 Å². The van der Waals surface area contributed by atoms with Gasteiger partial charge in [0.1, 0.15) is 0 Å². The summed E-state index contributed by atoms with van der Waals surface area (Å²) in [7, 11) is -6.42. The van der Waals surface area contributed by atoms with Crippen molar-refractivity contribution in [2.45, 2.75) is 11.4 Å². The van der Waals surface area contributed by atoms with Crippen LogP contribution < -0.4 is 0 Å². The Hall–Kier alpha value is -0.480. The van der Waals surface area contributed by atoms with E-state index in [0.717, 1.165) is 0 Å². The Labute approximate surface area is 62.6 Å². The Kier molecular flexibility index (Phi) is 2.67. The molecule has 0 amide bonds. The Bertz CT molecular complexity index is 257. The Morgan fingerprint density at radius 1 is 1.17 bits per heavy atom. The molecular weight excluding hydrogens is 215 g/mol. The fraction of sp³-hybridized carbons (Fsp3) is 1.00. The Balaban J connectivity index is 5.13. The van der Waals surface area contributed by atoms with Crippen molar-refractivity contribution in [3.8, 4) is 0 Å². The molecule has 0 heterocycles. The Morgan fingerprint density at radius 2 is 1.50 bits per heavy atom. The summed E-state index contributed by atoms with van der Waals surface area (Å²) >= 11 is 0. The number of hydrogen-bond donors (Lipinski definition) is 1. The molecule has 0 unspecified atom stereocenters. The number of hydrogen-bond acceptors (Lipinski definition) is 3. The maximum Gasteiger partial charge on any atom is 0.467 e. The molecule has 0 bridgehead atoms. The maximum absolute atomic E-state index is 11.8. The lowest BCUT2D eigenvalue weighted by molar-refractivity contribution is -0.403. The zero-order valence-electron chi connectivity index (χ0n) is 4.97. The third-order valence-electron chi connectivity index (χ3n) is 0.760. The predicted octanol–water partition coefficient (Wildman–Crippen LogP) is 0.961. The fourth-order valence-corrected chi connectivity index (χ4v) is 0.527. The first-order valence-corrected chi connectivity index (χ1v) is 3.52. The molecule has 0 aromatic carbocycles. The molecule has 0 rings (SSSR count). The summed E-state index contributed by atoms with van der Waals surface area (Å²) in [6.07, 6.45) is -5.92. The van der Waals surface area contributed by atoms with Crippen LogP contribution in [0.2, 0.25) is 0 Å². The number of rotatable bonds is 3. The fourth-order valence-electron chi connectivity index (χ4n) is 0.195. The third kappa shape index (κ3) is 1.64. The van der Waals surface area contributed by atoms with E-state index in [1.54, 1.807) is 0 Å². The molecule has 4 nitrogen and oxygen atoms in total. The van der Waals surface area contributed by atoms with Gasteiger partial charge in [-0.25, -0.2) is 0 Å². The van der Waals surface area contributed by atoms with E-state index in [1.807, 2.05) is 0 Å². The molecule has 0 aliphatic rings. The van der Waals surface area contributed by atoms with Crippen molar-refractivity contribution < 1.29 is 40.0 Å². The average molecular weight is 216 g/mol. The van der Waals surface area contributed by atoms with E-state index in [0.29, 0.717) is 0 Å². The molecule has 1 N–H and O–H groups in total. The highest BCUT2D eigenvalue weighted by atomic mass is 32.2. The molecule has 0 aromatic rings. The van der Waals surface area contributed by atoms with Gasteiger partial charge in [0.15, 0.2) is 0 Å². The SMILES string of the molecule is O=S(=O)(O)C(F)(F)C(F)(F)OF. The summed E-state index contributed by atoms with van der Waals surface area (Å²) in [5, 5.41) is -6.02. The minimum absolute atomic E-state index is 1.41. The second kappa shape index (κ2) is 2.78. The summed E-state index contributed by atoms with van der Waals surface area (Å²) in [4.78, 5) is 1.41. The van der Waals surface area contributed by atoms with Crippen LogP contribution in [0, 0.1) is 0 Å². The van der Waals surface area contributed by atoms with E-state index < -0.39 is 21.5 Å². The minimum Gasteiger partial charge on any atom is -0.281 e. The zero-order valence-corrected chi connectivity index (χ0v) is 5.79. The van der Waals surface area contributed by atoms with E-state index >= 15 is 0 Å². The molecule has 0 aliphatic carbocycles. The van der Waals surface area contributed by atoms with E-state index in [-0.39, 0.29) is 0 Å². The quantitative estimate of drug-likeness (QED) is 0.563. The standard InChI is InChI=1S/C2HF5O4S/c3-1(4,11-7)2(5,6)12(8,9)10/h(H,8,9,10). The maximum atomic E-state index is 11.8. The van der Waals surface area contributed by atoms with E-state index in [1.165, 1.54) is 4.94 Å². The highest BCUT2D eigenvalue weighted by Crippen LogP contribution is 2.39. The molecule has 0 atom stereocenters. The van der Waals surface area contributed by atoms with Crippen molar-refractivity contribution in [3.05, 3.63) is 0 Å². The first kappa shape index (κ1) is 11.5. The predicted molar refractivity (Wildman–Crippen MR) is 23.6 cm³/mol. The molecule has 0 aromatic heterocycles. The highest BCUT2D eigenvalue weighted by molar-refractivity contribution is 7.86. The summed E-state index contributed by atoms with van der Waals surface area (Å²) < 4.78 is 83.9. The van der Waals surface area contributed by atoms with Crippen molar-refractivity contribution in [3.63, 3.8) is 0 Å². The van der Waals surface area contributed by atoms with Gasteiger partial charge in [0, 0.05) is 0 Å². The largest absolute Gasteiger partial charge is 0.467 e. The van der Waals surface area contributed by atoms with Crippen LogP contribution in [0.25, 0.3) is 0 Å². The monoisotopic (exact) mass is 216 g/mol. The highest BCUT2D eigenvalue weighted by Gasteiger charge is 2.68. The van der Waals surface area contributed by atoms with Gasteiger partial charge in [-0.2, -0.15) is 26.0 Å². The van der Waals surface area contributed by atoms with Crippen LogP contribution >= 0.6 is 0 Å². The van der Waals surface area contributed by atoms with Crippen LogP contribution in [0.3, 0.4) is 0 Å². The van der Waals surface area contributed by atoms with Gasteiger partial charge in [0.25, 0.3) is 0 Å². The van der Waals surface area contributed by atoms with E-state index in [4.69, 9.17) is 4.55 Å². The molecule has 0 radical (unpaired) electrons. The topological polar surface area (TPSA) is 63.6 Å². The van der Waals surface area contributed by atoms with Crippen LogP contribution in [-0.2, 0) is 15.1 Å². The van der Waals surface area contributed by atoms with Crippen molar-refractivity contribution >= 4 is 10.1 Å². The zero-order chi connectivity index (χ0) is 10.2. The normalized spacial score (nSPS) is 14.8. The van der Waals surface area contributed by atoms with Crippen LogP contribution in [0.4, 0.5) is 22.1 Å². The van der Waals surface area contributed by atoms with Crippen LogP contribution in [0.1, 0.15) is 0 Å². The average Bonchev–Trinajstić information content (AvgIpc) is 1.85. The van der Waals surface area contributed by atoms with Crippen LogP contribution in [0.15, 0.2) is 0 Å². The smallest absolute Gasteiger partial charge is 0.281 e. The lowest BCUT2D eigenvalue weighted by Gasteiger charge is -2.18. The Morgan fingerprint density at radius 3 is 1.58 bits per heavy atom. The molecule has 0 fully saturated rings. The van der Waals surface area contributed by atoms with Gasteiger partial charge in [-0.15, -0.1) is 4.94 Å². The molecule has 0 spiro atoms. The van der Waals surface area contributed by atoms with Crippen molar-refractivity contribution in [1.82, 2.24) is 0 Å². The van der Waals surface area contributed by atoms with Crippen molar-refractivity contribution in [2.24, 2.45) is 0 Å². The molecule has 10 heteroatoms. The van der Waals surface area contributed by atoms with Crippen molar-refractivity contribution in [2.75, 3.05) is 0 Å². The number of alkyl halides is 4. The van der Waals surface area contributed by atoms with E-state index in [9.17, 15) is 30.5 Å². The molecule has 0 saturated heterocycles. The van der Waals surface area contributed by atoms with Gasteiger partial charge in [-0.3, -0.25) is 4.55 Å². The molecule has 0 aliphatic heterocycles. The second-order valence-electron chi connectivity index (χ2n) is 1.59. The second-order valence-corrected chi connectivity index (χ2v) is 3.05. The van der Waals surface area contributed by atoms with Gasteiger partial charge in [-0.05, 0) is 4.53 Å². The molecular formula is C2HF5O4S. The van der Waals surface area contributed by atoms with Gasteiger partial charge >= 0.3 is 21.5 Å². The lowest BCUT2D eigenvalue weighted by atomic mass is 10.7. The minimum atomic E-state index is -6.42. The van der Waals surface area contributed by atoms with Gasteiger partial charge in [0.05, 0.1) is 0 Å². The number of halogens is 5. The van der Waals surface area contributed by atoms with E-state index in [2.05, 4.69) is 0 Å².